The molecule has 2 heterocycles. The van der Waals surface area contributed by atoms with Gasteiger partial charge in [-0.15, -0.1) is 0 Å². The molecule has 0 bridgehead atoms. The Morgan fingerprint density at radius 2 is 2.17 bits per heavy atom. The highest BCUT2D eigenvalue weighted by Crippen LogP contribution is 2.37. The van der Waals surface area contributed by atoms with Crippen molar-refractivity contribution < 1.29 is 0 Å². The molecule has 0 N–H and O–H groups in total. The van der Waals surface area contributed by atoms with Gasteiger partial charge in [-0.05, 0) is 34.3 Å². The molecule has 0 aromatic carbocycles. The van der Waals surface area contributed by atoms with Gasteiger partial charge in [0, 0.05) is 11.6 Å². The first-order valence-corrected chi connectivity index (χ1v) is 7.53. The third kappa shape index (κ3) is 2.05. The van der Waals surface area contributed by atoms with Gasteiger partial charge in [-0.25, -0.2) is 9.50 Å². The van der Waals surface area contributed by atoms with Crippen LogP contribution in [-0.4, -0.2) is 14.6 Å². The van der Waals surface area contributed by atoms with E-state index >= 15 is 0 Å². The highest BCUT2D eigenvalue weighted by atomic mass is 79.9. The van der Waals surface area contributed by atoms with E-state index in [-0.39, 0.29) is 0 Å². The Hall–Kier alpha value is -0.610. The molecule has 5 heteroatoms. The second-order valence-corrected chi connectivity index (χ2v) is 6.34. The minimum Gasteiger partial charge on any atom is -0.232 e. The summed E-state index contributed by atoms with van der Waals surface area (Å²) < 4.78 is 2.57. The van der Waals surface area contributed by atoms with Crippen LogP contribution in [0, 0.1) is 5.92 Å². The molecule has 1 fully saturated rings. The molecule has 0 spiro atoms. The lowest BCUT2D eigenvalue weighted by Gasteiger charge is -2.28. The van der Waals surface area contributed by atoms with Crippen LogP contribution in [0.5, 0.6) is 0 Å². The summed E-state index contributed by atoms with van der Waals surface area (Å²) in [5.41, 5.74) is 1.93. The molecule has 1 aliphatic carbocycles. The van der Waals surface area contributed by atoms with Crippen LogP contribution in [0.1, 0.15) is 44.2 Å². The largest absolute Gasteiger partial charge is 0.232 e. The van der Waals surface area contributed by atoms with Crippen molar-refractivity contribution in [2.75, 3.05) is 0 Å². The van der Waals surface area contributed by atoms with Gasteiger partial charge in [-0.2, -0.15) is 5.10 Å². The SMILES string of the molecule is CC1CCCCC1c1cc(Cl)n2ncc(Br)c2n1. The van der Waals surface area contributed by atoms with E-state index in [1.165, 1.54) is 25.7 Å². The van der Waals surface area contributed by atoms with E-state index in [0.717, 1.165) is 15.8 Å². The Morgan fingerprint density at radius 1 is 1.39 bits per heavy atom. The first kappa shape index (κ1) is 12.4. The molecule has 96 valence electrons. The van der Waals surface area contributed by atoms with Gasteiger partial charge in [0.2, 0.25) is 0 Å². The molecule has 2 aromatic heterocycles. The molecule has 0 aliphatic heterocycles. The third-order valence-corrected chi connectivity index (χ3v) is 4.73. The van der Waals surface area contributed by atoms with E-state index in [1.807, 2.05) is 6.07 Å². The third-order valence-electron chi connectivity index (χ3n) is 3.90. The maximum Gasteiger partial charge on any atom is 0.171 e. The summed E-state index contributed by atoms with van der Waals surface area (Å²) in [4.78, 5) is 4.74. The molecule has 2 aromatic rings. The standard InChI is InChI=1S/C13H15BrClN3/c1-8-4-2-3-5-9(8)11-6-12(15)18-13(17-11)10(14)7-16-18/h6-9H,2-5H2,1H3. The van der Waals surface area contributed by atoms with Crippen molar-refractivity contribution in [2.24, 2.45) is 5.92 Å². The number of aromatic nitrogens is 3. The average molecular weight is 329 g/mol. The number of fused-ring (bicyclic) bond motifs is 1. The first-order chi connectivity index (χ1) is 8.66. The zero-order chi connectivity index (χ0) is 12.7. The Kier molecular flexibility index (Phi) is 3.32. The smallest absolute Gasteiger partial charge is 0.171 e. The Morgan fingerprint density at radius 3 is 2.94 bits per heavy atom. The van der Waals surface area contributed by atoms with Gasteiger partial charge in [0.1, 0.15) is 5.15 Å². The van der Waals surface area contributed by atoms with Crippen LogP contribution in [0.15, 0.2) is 16.7 Å². The number of hydrogen-bond donors (Lipinski definition) is 0. The van der Waals surface area contributed by atoms with Gasteiger partial charge in [0.05, 0.1) is 10.7 Å². The van der Waals surface area contributed by atoms with Crippen LogP contribution in [0.25, 0.3) is 5.65 Å². The number of hydrogen-bond acceptors (Lipinski definition) is 2. The predicted molar refractivity (Wildman–Crippen MR) is 76.1 cm³/mol. The molecule has 2 unspecified atom stereocenters. The molecule has 0 saturated heterocycles. The second-order valence-electron chi connectivity index (χ2n) is 5.10. The van der Waals surface area contributed by atoms with Crippen molar-refractivity contribution in [3.63, 3.8) is 0 Å². The van der Waals surface area contributed by atoms with Gasteiger partial charge < -0.3 is 0 Å². The van der Waals surface area contributed by atoms with Crippen LogP contribution < -0.4 is 0 Å². The lowest BCUT2D eigenvalue weighted by atomic mass is 9.78. The molecule has 1 aliphatic rings. The highest BCUT2D eigenvalue weighted by Gasteiger charge is 2.25. The van der Waals surface area contributed by atoms with E-state index in [9.17, 15) is 0 Å². The summed E-state index contributed by atoms with van der Waals surface area (Å²) >= 11 is 9.75. The molecular weight excluding hydrogens is 314 g/mol. The number of rotatable bonds is 1. The van der Waals surface area contributed by atoms with Gasteiger partial charge in [0.25, 0.3) is 0 Å². The van der Waals surface area contributed by atoms with E-state index < -0.39 is 0 Å². The van der Waals surface area contributed by atoms with E-state index in [2.05, 4.69) is 28.0 Å². The minimum absolute atomic E-state index is 0.531. The summed E-state index contributed by atoms with van der Waals surface area (Å²) in [6.45, 7) is 2.31. The average Bonchev–Trinajstić information content (AvgIpc) is 2.72. The van der Waals surface area contributed by atoms with Crippen molar-refractivity contribution in [1.82, 2.24) is 14.6 Å². The minimum atomic E-state index is 0.531. The Balaban J connectivity index is 2.08. The van der Waals surface area contributed by atoms with Crippen molar-refractivity contribution in [1.29, 1.82) is 0 Å². The van der Waals surface area contributed by atoms with Crippen LogP contribution >= 0.6 is 27.5 Å². The lowest BCUT2D eigenvalue weighted by Crippen LogP contribution is -2.16. The zero-order valence-corrected chi connectivity index (χ0v) is 12.6. The van der Waals surface area contributed by atoms with E-state index in [1.54, 1.807) is 10.7 Å². The van der Waals surface area contributed by atoms with Crippen LogP contribution in [0.4, 0.5) is 0 Å². The first-order valence-electron chi connectivity index (χ1n) is 6.36. The summed E-state index contributed by atoms with van der Waals surface area (Å²) in [5.74, 6) is 1.22. The fraction of sp³-hybridized carbons (Fsp3) is 0.538. The molecule has 3 nitrogen and oxygen atoms in total. The molecule has 3 rings (SSSR count). The topological polar surface area (TPSA) is 30.2 Å². The van der Waals surface area contributed by atoms with Crippen LogP contribution in [0.3, 0.4) is 0 Å². The molecule has 0 amide bonds. The van der Waals surface area contributed by atoms with E-state index in [0.29, 0.717) is 17.0 Å². The van der Waals surface area contributed by atoms with E-state index in [4.69, 9.17) is 16.6 Å². The normalized spacial score (nSPS) is 24.6. The van der Waals surface area contributed by atoms with Gasteiger partial charge in [-0.3, -0.25) is 0 Å². The predicted octanol–water partition coefficient (Wildman–Crippen LogP) is 4.44. The highest BCUT2D eigenvalue weighted by molar-refractivity contribution is 9.10. The quantitative estimate of drug-likeness (QED) is 0.724. The van der Waals surface area contributed by atoms with Gasteiger partial charge in [-0.1, -0.05) is 37.8 Å². The molecule has 0 radical (unpaired) electrons. The summed E-state index contributed by atoms with van der Waals surface area (Å²) in [5, 5.41) is 4.84. The Bertz CT molecular complexity index is 581. The second kappa shape index (κ2) is 4.82. The lowest BCUT2D eigenvalue weighted by molar-refractivity contribution is 0.325. The monoisotopic (exact) mass is 327 g/mol. The molecule has 1 saturated carbocycles. The van der Waals surface area contributed by atoms with Crippen molar-refractivity contribution in [3.05, 3.63) is 27.6 Å². The maximum atomic E-state index is 6.28. The maximum absolute atomic E-state index is 6.28. The van der Waals surface area contributed by atoms with Gasteiger partial charge >= 0.3 is 0 Å². The molecule has 2 atom stereocenters. The van der Waals surface area contributed by atoms with Crippen LogP contribution in [0.2, 0.25) is 5.15 Å². The molecular formula is C13H15BrClN3. The van der Waals surface area contributed by atoms with Crippen molar-refractivity contribution >= 4 is 33.2 Å². The fourth-order valence-corrected chi connectivity index (χ4v) is 3.45. The number of halogens is 2. The van der Waals surface area contributed by atoms with Crippen LogP contribution in [-0.2, 0) is 0 Å². The Labute approximate surface area is 120 Å². The fourth-order valence-electron chi connectivity index (χ4n) is 2.86. The number of nitrogens with zero attached hydrogens (tertiary/aromatic N) is 3. The zero-order valence-electron chi connectivity index (χ0n) is 10.2. The summed E-state index contributed by atoms with van der Waals surface area (Å²) in [6.07, 6.45) is 6.87. The van der Waals surface area contributed by atoms with Crippen molar-refractivity contribution in [2.45, 2.75) is 38.5 Å². The molecule has 18 heavy (non-hydrogen) atoms. The van der Waals surface area contributed by atoms with Crippen molar-refractivity contribution in [3.8, 4) is 0 Å². The summed E-state index contributed by atoms with van der Waals surface area (Å²) in [6, 6.07) is 1.97. The summed E-state index contributed by atoms with van der Waals surface area (Å²) in [7, 11) is 0. The van der Waals surface area contributed by atoms with Gasteiger partial charge in [0.15, 0.2) is 5.65 Å².